The van der Waals surface area contributed by atoms with Crippen molar-refractivity contribution in [3.8, 4) is 0 Å². The Balaban J connectivity index is 3.35. The zero-order chi connectivity index (χ0) is 8.43. The molecule has 0 aliphatic heterocycles. The Hall–Kier alpha value is -0.800. The predicted molar refractivity (Wildman–Crippen MR) is 41.6 cm³/mol. The second-order valence-electron chi connectivity index (χ2n) is 1.82. The summed E-state index contributed by atoms with van der Waals surface area (Å²) in [6.07, 6.45) is 0.995. The highest BCUT2D eigenvalue weighted by Crippen LogP contribution is 2.24. The summed E-state index contributed by atoms with van der Waals surface area (Å²) in [5.74, 6) is 0. The summed E-state index contributed by atoms with van der Waals surface area (Å²) in [6.45, 7) is 0. The number of hydrogen-bond donors (Lipinski definition) is 1. The molecule has 3 nitrogen and oxygen atoms in total. The number of H-pyrrole nitrogens is 1. The van der Waals surface area contributed by atoms with E-state index >= 15 is 0 Å². The van der Waals surface area contributed by atoms with Crippen LogP contribution in [0, 0.1) is 0 Å². The van der Waals surface area contributed by atoms with Gasteiger partial charge in [0.15, 0.2) is 12.6 Å². The van der Waals surface area contributed by atoms with Gasteiger partial charge in [-0.3, -0.25) is 9.59 Å². The van der Waals surface area contributed by atoms with Crippen molar-refractivity contribution in [2.24, 2.45) is 0 Å². The lowest BCUT2D eigenvalue weighted by molar-refractivity contribution is 0.111. The molecule has 0 atom stereocenters. The molecule has 1 rings (SSSR count). The molecule has 1 N–H and O–H groups in total. The molecule has 1 aromatic heterocycles. The molecule has 0 aliphatic carbocycles. The molecule has 0 aliphatic rings. The summed E-state index contributed by atoms with van der Waals surface area (Å²) in [5, 5.41) is 0.159. The van der Waals surface area contributed by atoms with Crippen LogP contribution in [0.1, 0.15) is 20.8 Å². The molecule has 1 aromatic rings. The van der Waals surface area contributed by atoms with Gasteiger partial charge in [-0.1, -0.05) is 23.2 Å². The number of hydrogen-bond acceptors (Lipinski definition) is 2. The first-order valence-electron chi connectivity index (χ1n) is 2.68. The molecule has 0 radical (unpaired) electrons. The number of aromatic amines is 1. The summed E-state index contributed by atoms with van der Waals surface area (Å²) in [6, 6.07) is 0. The van der Waals surface area contributed by atoms with Gasteiger partial charge in [0.1, 0.15) is 5.15 Å². The van der Waals surface area contributed by atoms with Gasteiger partial charge in [0.2, 0.25) is 0 Å². The summed E-state index contributed by atoms with van der Waals surface area (Å²) < 4.78 is 0. The highest BCUT2D eigenvalue weighted by Gasteiger charge is 2.12. The molecular weight excluding hydrogens is 189 g/mol. The van der Waals surface area contributed by atoms with Crippen molar-refractivity contribution >= 4 is 35.8 Å². The minimum atomic E-state index is 0.0694. The molecule has 0 amide bonds. The molecule has 0 fully saturated rings. The summed E-state index contributed by atoms with van der Waals surface area (Å²) in [7, 11) is 0. The Labute approximate surface area is 72.3 Å². The Bertz CT molecular complexity index is 306. The lowest BCUT2D eigenvalue weighted by Crippen LogP contribution is -1.78. The van der Waals surface area contributed by atoms with Gasteiger partial charge < -0.3 is 4.98 Å². The zero-order valence-electron chi connectivity index (χ0n) is 5.23. The van der Waals surface area contributed by atoms with Crippen molar-refractivity contribution in [1.29, 1.82) is 0 Å². The maximum absolute atomic E-state index is 10.3. The average Bonchev–Trinajstić information content (AvgIpc) is 2.26. The highest BCUT2D eigenvalue weighted by atomic mass is 35.5. The van der Waals surface area contributed by atoms with E-state index in [1.54, 1.807) is 0 Å². The van der Waals surface area contributed by atoms with E-state index in [1.165, 1.54) is 0 Å². The fourth-order valence-electron chi connectivity index (χ4n) is 0.667. The molecule has 5 heteroatoms. The molecule has 11 heavy (non-hydrogen) atoms. The van der Waals surface area contributed by atoms with Crippen molar-refractivity contribution in [1.82, 2.24) is 4.98 Å². The molecule has 0 saturated heterocycles. The van der Waals surface area contributed by atoms with Crippen molar-refractivity contribution in [2.45, 2.75) is 0 Å². The highest BCUT2D eigenvalue weighted by molar-refractivity contribution is 6.39. The lowest BCUT2D eigenvalue weighted by Gasteiger charge is -1.82. The Morgan fingerprint density at radius 2 is 1.82 bits per heavy atom. The predicted octanol–water partition coefficient (Wildman–Crippen LogP) is 1.95. The van der Waals surface area contributed by atoms with E-state index in [1.807, 2.05) is 0 Å². The Morgan fingerprint density at radius 1 is 1.18 bits per heavy atom. The number of nitrogens with one attached hydrogen (secondary N) is 1. The van der Waals surface area contributed by atoms with Crippen LogP contribution in [0.3, 0.4) is 0 Å². The van der Waals surface area contributed by atoms with Gasteiger partial charge in [0.25, 0.3) is 0 Å². The molecule has 58 valence electrons. The second-order valence-corrected chi connectivity index (χ2v) is 2.57. The van der Waals surface area contributed by atoms with Crippen LogP contribution in [-0.4, -0.2) is 17.6 Å². The third-order valence-corrected chi connectivity index (χ3v) is 1.89. The van der Waals surface area contributed by atoms with Gasteiger partial charge in [0.05, 0.1) is 16.3 Å². The normalized spacial score (nSPS) is 9.64. The van der Waals surface area contributed by atoms with Crippen LogP contribution in [0.5, 0.6) is 0 Å². The molecule has 0 spiro atoms. The minimum Gasteiger partial charge on any atom is -0.342 e. The van der Waals surface area contributed by atoms with Gasteiger partial charge in [-0.2, -0.15) is 0 Å². The van der Waals surface area contributed by atoms with Crippen molar-refractivity contribution in [2.75, 3.05) is 0 Å². The van der Waals surface area contributed by atoms with E-state index in [2.05, 4.69) is 4.98 Å². The third-order valence-electron chi connectivity index (χ3n) is 1.19. The maximum Gasteiger partial charge on any atom is 0.167 e. The largest absolute Gasteiger partial charge is 0.342 e. The fourth-order valence-corrected chi connectivity index (χ4v) is 1.19. The Morgan fingerprint density at radius 3 is 2.09 bits per heavy atom. The van der Waals surface area contributed by atoms with Gasteiger partial charge >= 0.3 is 0 Å². The van der Waals surface area contributed by atoms with Crippen LogP contribution in [0.15, 0.2) is 0 Å². The molecule has 0 bridgehead atoms. The van der Waals surface area contributed by atoms with Crippen LogP contribution in [0.2, 0.25) is 10.2 Å². The van der Waals surface area contributed by atoms with Gasteiger partial charge in [0, 0.05) is 0 Å². The van der Waals surface area contributed by atoms with E-state index in [9.17, 15) is 9.59 Å². The number of rotatable bonds is 2. The average molecular weight is 192 g/mol. The first-order chi connectivity index (χ1) is 5.20. The quantitative estimate of drug-likeness (QED) is 0.727. The standard InChI is InChI=1S/C6H3Cl2NO2/c7-5-3(1-10)6(8)9-4(5)2-11/h1-2,9H. The molecule has 0 aromatic carbocycles. The second kappa shape index (κ2) is 3.07. The van der Waals surface area contributed by atoms with Gasteiger partial charge in [-0.15, -0.1) is 0 Å². The molecule has 1 heterocycles. The Kier molecular flexibility index (Phi) is 2.31. The summed E-state index contributed by atoms with van der Waals surface area (Å²) >= 11 is 11.1. The monoisotopic (exact) mass is 191 g/mol. The lowest BCUT2D eigenvalue weighted by atomic mass is 10.3. The first-order valence-corrected chi connectivity index (χ1v) is 3.43. The fraction of sp³-hybridized carbons (Fsp3) is 0. The maximum atomic E-state index is 10.3. The number of aromatic nitrogens is 1. The van der Waals surface area contributed by atoms with E-state index < -0.39 is 0 Å². The summed E-state index contributed by atoms with van der Waals surface area (Å²) in [4.78, 5) is 22.9. The minimum absolute atomic E-state index is 0.0694. The third kappa shape index (κ3) is 1.29. The van der Waals surface area contributed by atoms with Crippen molar-refractivity contribution < 1.29 is 9.59 Å². The first kappa shape index (κ1) is 8.30. The SMILES string of the molecule is O=Cc1[nH]c(Cl)c(C=O)c1Cl. The van der Waals surface area contributed by atoms with E-state index in [0.717, 1.165) is 0 Å². The van der Waals surface area contributed by atoms with Crippen molar-refractivity contribution in [3.05, 3.63) is 21.4 Å². The van der Waals surface area contributed by atoms with Crippen molar-refractivity contribution in [3.63, 3.8) is 0 Å². The number of halogens is 2. The van der Waals surface area contributed by atoms with E-state index in [-0.39, 0.29) is 21.4 Å². The smallest absolute Gasteiger partial charge is 0.167 e. The van der Waals surface area contributed by atoms with Crippen LogP contribution >= 0.6 is 23.2 Å². The van der Waals surface area contributed by atoms with Crippen LogP contribution in [0.4, 0.5) is 0 Å². The summed E-state index contributed by atoms with van der Waals surface area (Å²) in [5.41, 5.74) is 0.245. The van der Waals surface area contributed by atoms with Crippen LogP contribution in [-0.2, 0) is 0 Å². The van der Waals surface area contributed by atoms with E-state index in [4.69, 9.17) is 23.2 Å². The number of aldehydes is 2. The molecular formula is C6H3Cl2NO2. The van der Waals surface area contributed by atoms with Crippen LogP contribution in [0.25, 0.3) is 0 Å². The van der Waals surface area contributed by atoms with Gasteiger partial charge in [-0.05, 0) is 0 Å². The zero-order valence-corrected chi connectivity index (χ0v) is 6.74. The van der Waals surface area contributed by atoms with Gasteiger partial charge in [-0.25, -0.2) is 0 Å². The number of carbonyl (C=O) groups excluding carboxylic acids is 2. The van der Waals surface area contributed by atoms with E-state index in [0.29, 0.717) is 12.6 Å². The molecule has 0 saturated carbocycles. The topological polar surface area (TPSA) is 49.9 Å². The number of carbonyl (C=O) groups is 2. The van der Waals surface area contributed by atoms with Crippen LogP contribution < -0.4 is 0 Å². The molecule has 0 unspecified atom stereocenters.